The van der Waals surface area contributed by atoms with Crippen LogP contribution >= 0.6 is 11.8 Å². The van der Waals surface area contributed by atoms with E-state index in [0.717, 1.165) is 22.4 Å². The Morgan fingerprint density at radius 2 is 1.92 bits per heavy atom. The van der Waals surface area contributed by atoms with Crippen LogP contribution in [0.1, 0.15) is 18.3 Å². The van der Waals surface area contributed by atoms with Crippen molar-refractivity contribution in [3.8, 4) is 11.5 Å². The molecule has 9 heteroatoms. The second kappa shape index (κ2) is 8.48. The van der Waals surface area contributed by atoms with Crippen molar-refractivity contribution in [1.29, 1.82) is 0 Å². The van der Waals surface area contributed by atoms with E-state index in [-0.39, 0.29) is 32.4 Å². The van der Waals surface area contributed by atoms with Crippen LogP contribution in [-0.4, -0.2) is 25.3 Å². The number of fused-ring (bicyclic) bond motifs is 1. The van der Waals surface area contributed by atoms with E-state index in [1.807, 2.05) is 26.0 Å². The fraction of sp³-hybridized carbons (Fsp3) is 0.294. The smallest absolute Gasteiger partial charge is 0.380 e. The van der Waals surface area contributed by atoms with Crippen molar-refractivity contribution < 1.29 is 32.6 Å². The van der Waals surface area contributed by atoms with E-state index in [4.69, 9.17) is 0 Å². The Kier molecular flexibility index (Phi) is 7.36. The predicted molar refractivity (Wildman–Crippen MR) is 93.1 cm³/mol. The molecule has 0 spiro atoms. The Balaban J connectivity index is 0.00000169. The number of rotatable bonds is 3. The Labute approximate surface area is 167 Å². The zero-order valence-corrected chi connectivity index (χ0v) is 18.8. The molecule has 0 saturated carbocycles. The molecule has 0 atom stereocenters. The van der Waals surface area contributed by atoms with E-state index in [9.17, 15) is 13.2 Å². The van der Waals surface area contributed by atoms with Gasteiger partial charge in [0.05, 0.1) is 0 Å². The van der Waals surface area contributed by atoms with Crippen LogP contribution < -0.4 is 0 Å². The van der Waals surface area contributed by atoms with Crippen LogP contribution in [0.4, 0.5) is 13.2 Å². The number of hydrogen-bond donors (Lipinski definition) is 0. The molecule has 0 bridgehead atoms. The van der Waals surface area contributed by atoms with Gasteiger partial charge in [0, 0.05) is 23.3 Å². The third-order valence-corrected chi connectivity index (χ3v) is 4.41. The predicted octanol–water partition coefficient (Wildman–Crippen LogP) is 4.72. The minimum absolute atomic E-state index is 0. The molecule has 134 valence electrons. The first-order valence-electron chi connectivity index (χ1n) is 7.24. The van der Waals surface area contributed by atoms with Crippen molar-refractivity contribution in [3.63, 3.8) is 0 Å². The average Bonchev–Trinajstić information content (AvgIpc) is 2.85. The Bertz CT molecular complexity index is 909. The molecule has 0 amide bonds. The molecule has 0 N–H and O–H groups in total. The van der Waals surface area contributed by atoms with Gasteiger partial charge in [-0.15, -0.1) is 17.8 Å². The number of alkyl halides is 3. The zero-order valence-electron chi connectivity index (χ0n) is 15.0. The van der Waals surface area contributed by atoms with E-state index in [0.29, 0.717) is 17.0 Å². The minimum atomic E-state index is -4.52. The first-order chi connectivity index (χ1) is 11.3. The first kappa shape index (κ1) is 22.6. The molecule has 0 aliphatic heterocycles. The number of aryl methyl sites for hydroxylation is 2. The standard InChI is InChI=1S/C16H14F3N4S.CH3.Zn/c1-4-24-12-6-5-9(2)21-14(12)15-22-10-7-13(16(17,18)19)20-8-11(10)23(15)3;;/h5-7H,4H2,1-3H3;1H3;/q2*-1;+2. The number of halogens is 3. The van der Waals surface area contributed by atoms with Gasteiger partial charge in [0.25, 0.3) is 0 Å². The van der Waals surface area contributed by atoms with Gasteiger partial charge in [0.2, 0.25) is 0 Å². The monoisotopic (exact) mass is 430 g/mol. The van der Waals surface area contributed by atoms with Crippen molar-refractivity contribution in [2.75, 3.05) is 5.75 Å². The summed E-state index contributed by atoms with van der Waals surface area (Å²) in [5.74, 6) is 1.36. The van der Waals surface area contributed by atoms with E-state index in [1.165, 1.54) is 0 Å². The Hall–Kier alpha value is -1.47. The number of aromatic nitrogens is 4. The summed E-state index contributed by atoms with van der Waals surface area (Å²) in [6.07, 6.45) is -2.07. The molecule has 0 aliphatic rings. The number of nitrogens with zero attached hydrogens (tertiary/aromatic N) is 4. The third kappa shape index (κ3) is 4.26. The normalized spacial score (nSPS) is 11.2. The zero-order chi connectivity index (χ0) is 17.5. The Morgan fingerprint density at radius 1 is 1.23 bits per heavy atom. The van der Waals surface area contributed by atoms with Crippen LogP contribution in [0.25, 0.3) is 22.6 Å². The topological polar surface area (TPSA) is 43.6 Å². The summed E-state index contributed by atoms with van der Waals surface area (Å²) < 4.78 is 40.2. The molecule has 0 aromatic carbocycles. The van der Waals surface area contributed by atoms with Crippen LogP contribution in [0.3, 0.4) is 0 Å². The van der Waals surface area contributed by atoms with Crippen LogP contribution in [0.2, 0.25) is 0 Å². The maximum Gasteiger partial charge on any atom is 2.00 e. The van der Waals surface area contributed by atoms with Crippen molar-refractivity contribution >= 4 is 22.8 Å². The molecular weight excluding hydrogens is 415 g/mol. The summed E-state index contributed by atoms with van der Waals surface area (Å²) in [7, 11) is 1.72. The van der Waals surface area contributed by atoms with Crippen molar-refractivity contribution in [3.05, 3.63) is 43.2 Å². The molecule has 0 fully saturated rings. The van der Waals surface area contributed by atoms with Gasteiger partial charge in [-0.3, -0.25) is 4.98 Å². The average molecular weight is 432 g/mol. The molecule has 3 aromatic heterocycles. The summed E-state index contributed by atoms with van der Waals surface area (Å²) in [4.78, 5) is 13.2. The molecule has 26 heavy (non-hydrogen) atoms. The number of hydrogen-bond acceptors (Lipinski definition) is 4. The second-order valence-corrected chi connectivity index (χ2v) is 6.52. The van der Waals surface area contributed by atoms with Crippen molar-refractivity contribution in [2.24, 2.45) is 7.05 Å². The molecule has 0 aliphatic carbocycles. The van der Waals surface area contributed by atoms with Crippen LogP contribution in [0.5, 0.6) is 0 Å². The molecule has 4 nitrogen and oxygen atoms in total. The third-order valence-electron chi connectivity index (χ3n) is 3.48. The quantitative estimate of drug-likeness (QED) is 0.342. The summed E-state index contributed by atoms with van der Waals surface area (Å²) in [5, 5.41) is 0. The summed E-state index contributed by atoms with van der Waals surface area (Å²) in [6, 6.07) is 4.80. The fourth-order valence-corrected chi connectivity index (χ4v) is 3.11. The molecule has 0 unspecified atom stereocenters. The maximum atomic E-state index is 12.8. The van der Waals surface area contributed by atoms with Gasteiger partial charge in [-0.1, -0.05) is 13.1 Å². The van der Waals surface area contributed by atoms with Gasteiger partial charge in [-0.2, -0.15) is 13.2 Å². The molecule has 0 radical (unpaired) electrons. The number of thioether (sulfide) groups is 1. The maximum absolute atomic E-state index is 12.8. The number of pyridine rings is 2. The first-order valence-corrected chi connectivity index (χ1v) is 8.23. The van der Waals surface area contributed by atoms with Crippen molar-refractivity contribution in [2.45, 2.75) is 24.9 Å². The van der Waals surface area contributed by atoms with Crippen LogP contribution in [-0.2, 0) is 32.7 Å². The largest absolute Gasteiger partial charge is 2.00 e. The van der Waals surface area contributed by atoms with Gasteiger partial charge in [0.1, 0.15) is 11.5 Å². The van der Waals surface area contributed by atoms with Gasteiger partial charge in [0.15, 0.2) is 0 Å². The second-order valence-electron chi connectivity index (χ2n) is 5.21. The molecule has 3 heterocycles. The molecule has 3 rings (SSSR count). The van der Waals surface area contributed by atoms with Crippen LogP contribution in [0, 0.1) is 20.5 Å². The minimum Gasteiger partial charge on any atom is -0.380 e. The van der Waals surface area contributed by atoms with Gasteiger partial charge < -0.3 is 17.0 Å². The van der Waals surface area contributed by atoms with E-state index in [1.54, 1.807) is 23.4 Å². The SMILES string of the molecule is CCSc1ccc(C)nc1-c1nc2cc(C(F)(F)F)n[c-]c2n1C.[CH3-].[Zn+2]. The van der Waals surface area contributed by atoms with Crippen LogP contribution in [0.15, 0.2) is 23.1 Å². The van der Waals surface area contributed by atoms with Crippen molar-refractivity contribution in [1.82, 2.24) is 19.5 Å². The van der Waals surface area contributed by atoms with Gasteiger partial charge in [-0.25, -0.2) is 4.98 Å². The summed E-state index contributed by atoms with van der Waals surface area (Å²) in [6.45, 7) is 3.89. The van der Waals surface area contributed by atoms with Gasteiger partial charge >= 0.3 is 25.7 Å². The summed E-state index contributed by atoms with van der Waals surface area (Å²) >= 11 is 1.61. The van der Waals surface area contributed by atoms with E-state index >= 15 is 0 Å². The molecular formula is C17H17F3N4SZn. The van der Waals surface area contributed by atoms with Gasteiger partial charge in [-0.05, 0) is 35.8 Å². The number of imidazole rings is 1. The molecule has 0 saturated heterocycles. The Morgan fingerprint density at radius 3 is 2.54 bits per heavy atom. The molecule has 3 aromatic rings. The fourth-order valence-electron chi connectivity index (χ4n) is 2.36. The summed E-state index contributed by atoms with van der Waals surface area (Å²) in [5.41, 5.74) is 1.08. The van der Waals surface area contributed by atoms with E-state index in [2.05, 4.69) is 21.1 Å². The van der Waals surface area contributed by atoms with E-state index < -0.39 is 11.9 Å².